The topological polar surface area (TPSA) is 99.8 Å². The van der Waals surface area contributed by atoms with Crippen LogP contribution in [0.25, 0.3) is 0 Å². The molecule has 10 heteroatoms. The molecular weight excluding hydrogens is 409 g/mol. The van der Waals surface area contributed by atoms with Crippen molar-refractivity contribution in [1.29, 1.82) is 0 Å². The van der Waals surface area contributed by atoms with E-state index >= 15 is 0 Å². The fourth-order valence-electron chi connectivity index (χ4n) is 2.58. The highest BCUT2D eigenvalue weighted by Gasteiger charge is 2.21. The standard InChI is InChI=1S/C20H20FN5O3S/c1-13-9-17(30-18(13)19(27)24-11-16-23-7-8-29-16)26(12-22-2)20(28)25-10-14-3-5-15(21)6-4-14/h3-9,12H,10-11H2,1-2H3,(H,24,27)(H,25,28). The molecule has 0 bridgehead atoms. The average Bonchev–Trinajstić information content (AvgIpc) is 3.39. The Morgan fingerprint density at radius 3 is 2.70 bits per heavy atom. The van der Waals surface area contributed by atoms with E-state index in [2.05, 4.69) is 20.6 Å². The highest BCUT2D eigenvalue weighted by atomic mass is 32.1. The lowest BCUT2D eigenvalue weighted by molar-refractivity contribution is 0.0950. The van der Waals surface area contributed by atoms with Crippen LogP contribution in [0, 0.1) is 12.7 Å². The number of oxazole rings is 1. The number of nitrogens with one attached hydrogen (secondary N) is 2. The summed E-state index contributed by atoms with van der Waals surface area (Å²) in [6, 6.07) is 7.18. The van der Waals surface area contributed by atoms with E-state index in [0.29, 0.717) is 15.8 Å². The van der Waals surface area contributed by atoms with Gasteiger partial charge in [-0.15, -0.1) is 11.3 Å². The molecule has 30 heavy (non-hydrogen) atoms. The fraction of sp³-hybridized carbons (Fsp3) is 0.200. The van der Waals surface area contributed by atoms with E-state index in [1.54, 1.807) is 32.2 Å². The quantitative estimate of drug-likeness (QED) is 0.444. The van der Waals surface area contributed by atoms with Gasteiger partial charge in [0.1, 0.15) is 17.1 Å². The Hall–Kier alpha value is -3.53. The Kier molecular flexibility index (Phi) is 6.91. The smallest absolute Gasteiger partial charge is 0.328 e. The zero-order valence-corrected chi connectivity index (χ0v) is 17.2. The maximum Gasteiger partial charge on any atom is 0.328 e. The molecule has 0 fully saturated rings. The molecule has 0 aliphatic heterocycles. The van der Waals surface area contributed by atoms with E-state index in [4.69, 9.17) is 4.42 Å². The van der Waals surface area contributed by atoms with Gasteiger partial charge >= 0.3 is 6.03 Å². The number of aliphatic imine (C=N–C) groups is 1. The van der Waals surface area contributed by atoms with Gasteiger partial charge in [-0.2, -0.15) is 0 Å². The second-order valence-corrected chi connectivity index (χ2v) is 7.26. The third-order valence-electron chi connectivity index (χ3n) is 4.04. The summed E-state index contributed by atoms with van der Waals surface area (Å²) in [5, 5.41) is 6.04. The minimum atomic E-state index is -0.419. The molecule has 0 saturated heterocycles. The first-order valence-corrected chi connectivity index (χ1v) is 9.80. The molecule has 0 aliphatic rings. The fourth-order valence-corrected chi connectivity index (χ4v) is 3.63. The number of urea groups is 1. The first-order valence-electron chi connectivity index (χ1n) is 8.98. The maximum atomic E-state index is 13.0. The zero-order valence-electron chi connectivity index (χ0n) is 16.4. The first kappa shape index (κ1) is 21.2. The van der Waals surface area contributed by atoms with Crippen LogP contribution >= 0.6 is 11.3 Å². The molecule has 0 atom stereocenters. The van der Waals surface area contributed by atoms with Gasteiger partial charge in [0.15, 0.2) is 0 Å². The van der Waals surface area contributed by atoms with Crippen LogP contribution in [0.2, 0.25) is 0 Å². The molecule has 0 unspecified atom stereocenters. The lowest BCUT2D eigenvalue weighted by atomic mass is 10.2. The van der Waals surface area contributed by atoms with Crippen molar-refractivity contribution in [2.45, 2.75) is 20.0 Å². The van der Waals surface area contributed by atoms with Gasteiger partial charge in [-0.25, -0.2) is 19.1 Å². The number of rotatable bonds is 7. The molecule has 3 aromatic rings. The van der Waals surface area contributed by atoms with Crippen molar-refractivity contribution < 1.29 is 18.4 Å². The largest absolute Gasteiger partial charge is 0.447 e. The van der Waals surface area contributed by atoms with Gasteiger partial charge in [-0.1, -0.05) is 12.1 Å². The third kappa shape index (κ3) is 5.29. The van der Waals surface area contributed by atoms with Crippen LogP contribution in [-0.2, 0) is 13.1 Å². The molecule has 8 nitrogen and oxygen atoms in total. The zero-order chi connectivity index (χ0) is 21.5. The molecule has 2 N–H and O–H groups in total. The molecule has 156 valence electrons. The van der Waals surface area contributed by atoms with Gasteiger partial charge in [-0.05, 0) is 36.2 Å². The monoisotopic (exact) mass is 429 g/mol. The molecule has 0 saturated carbocycles. The number of hydrogen-bond acceptors (Lipinski definition) is 6. The third-order valence-corrected chi connectivity index (χ3v) is 5.27. The van der Waals surface area contributed by atoms with Crippen LogP contribution in [0.4, 0.5) is 14.2 Å². The number of aromatic nitrogens is 1. The van der Waals surface area contributed by atoms with Gasteiger partial charge < -0.3 is 15.1 Å². The Labute approximate surface area is 176 Å². The molecule has 1 aromatic carbocycles. The van der Waals surface area contributed by atoms with Crippen LogP contribution in [0.1, 0.15) is 26.7 Å². The van der Waals surface area contributed by atoms with Crippen LogP contribution < -0.4 is 15.5 Å². The van der Waals surface area contributed by atoms with Gasteiger partial charge in [-0.3, -0.25) is 9.79 Å². The minimum Gasteiger partial charge on any atom is -0.447 e. The number of benzene rings is 1. The molecule has 0 spiro atoms. The van der Waals surface area contributed by atoms with Crippen molar-refractivity contribution in [2.75, 3.05) is 11.9 Å². The Morgan fingerprint density at radius 1 is 1.27 bits per heavy atom. The van der Waals surface area contributed by atoms with E-state index in [9.17, 15) is 14.0 Å². The van der Waals surface area contributed by atoms with Crippen molar-refractivity contribution in [1.82, 2.24) is 15.6 Å². The summed E-state index contributed by atoms with van der Waals surface area (Å²) < 4.78 is 18.1. The molecule has 0 radical (unpaired) electrons. The number of carbonyl (C=O) groups excluding carboxylic acids is 2. The number of carbonyl (C=O) groups is 2. The van der Waals surface area contributed by atoms with E-state index in [1.807, 2.05) is 0 Å². The summed E-state index contributed by atoms with van der Waals surface area (Å²) >= 11 is 1.17. The number of halogens is 1. The van der Waals surface area contributed by atoms with Crippen LogP contribution in [0.3, 0.4) is 0 Å². The van der Waals surface area contributed by atoms with Crippen LogP contribution in [0.5, 0.6) is 0 Å². The lowest BCUT2D eigenvalue weighted by Gasteiger charge is -2.16. The Morgan fingerprint density at radius 2 is 2.03 bits per heavy atom. The van der Waals surface area contributed by atoms with Gasteiger partial charge in [0, 0.05) is 13.6 Å². The van der Waals surface area contributed by atoms with E-state index in [0.717, 1.165) is 11.1 Å². The minimum absolute atomic E-state index is 0.163. The summed E-state index contributed by atoms with van der Waals surface area (Å²) in [5.74, 6) is -0.229. The van der Waals surface area contributed by atoms with Crippen LogP contribution in [0.15, 0.2) is 52.2 Å². The van der Waals surface area contributed by atoms with Crippen molar-refractivity contribution in [3.05, 3.63) is 70.5 Å². The number of aryl methyl sites for hydroxylation is 1. The molecule has 3 rings (SSSR count). The predicted octanol–water partition coefficient (Wildman–Crippen LogP) is 3.49. The first-order chi connectivity index (χ1) is 14.5. The summed E-state index contributed by atoms with van der Waals surface area (Å²) in [5.41, 5.74) is 1.48. The summed E-state index contributed by atoms with van der Waals surface area (Å²) in [4.78, 5) is 34.9. The predicted molar refractivity (Wildman–Crippen MR) is 112 cm³/mol. The molecule has 3 amide bonds. The maximum absolute atomic E-state index is 13.0. The van der Waals surface area contributed by atoms with Gasteiger partial charge in [0.05, 0.1) is 24.0 Å². The SMILES string of the molecule is CN=CN(C(=O)NCc1ccc(F)cc1)c1cc(C)c(C(=O)NCc2ncco2)s1. The molecule has 0 aliphatic carbocycles. The summed E-state index contributed by atoms with van der Waals surface area (Å²) in [7, 11) is 1.55. The second kappa shape index (κ2) is 9.79. The lowest BCUT2D eigenvalue weighted by Crippen LogP contribution is -2.38. The van der Waals surface area contributed by atoms with Crippen molar-refractivity contribution >= 4 is 34.6 Å². The number of amides is 3. The average molecular weight is 429 g/mol. The summed E-state index contributed by atoms with van der Waals surface area (Å²) in [6.45, 7) is 2.18. The number of nitrogens with zero attached hydrogens (tertiary/aromatic N) is 3. The van der Waals surface area contributed by atoms with Crippen molar-refractivity contribution in [2.24, 2.45) is 4.99 Å². The number of anilines is 1. The van der Waals surface area contributed by atoms with Crippen LogP contribution in [-0.4, -0.2) is 30.3 Å². The number of thiophene rings is 1. The van der Waals surface area contributed by atoms with Gasteiger partial charge in [0.25, 0.3) is 5.91 Å². The van der Waals surface area contributed by atoms with E-state index in [-0.39, 0.29) is 24.8 Å². The highest BCUT2D eigenvalue weighted by Crippen LogP contribution is 2.29. The normalized spacial score (nSPS) is 10.9. The van der Waals surface area contributed by atoms with Crippen molar-refractivity contribution in [3.63, 3.8) is 0 Å². The number of hydrogen-bond donors (Lipinski definition) is 2. The van der Waals surface area contributed by atoms with Crippen molar-refractivity contribution in [3.8, 4) is 0 Å². The Bertz CT molecular complexity index is 1030. The van der Waals surface area contributed by atoms with Gasteiger partial charge in [0.2, 0.25) is 5.89 Å². The highest BCUT2D eigenvalue weighted by molar-refractivity contribution is 7.18. The summed E-state index contributed by atoms with van der Waals surface area (Å²) in [6.07, 6.45) is 4.31. The molecular formula is C20H20FN5O3S. The second-order valence-electron chi connectivity index (χ2n) is 6.23. The Balaban J connectivity index is 1.69. The molecule has 2 heterocycles. The van der Waals surface area contributed by atoms with E-state index < -0.39 is 6.03 Å². The molecule has 2 aromatic heterocycles. The van der Waals surface area contributed by atoms with E-state index in [1.165, 1.54) is 47.2 Å².